The third kappa shape index (κ3) is 5.20. The smallest absolute Gasteiger partial charge is 0.394 e. The summed E-state index contributed by atoms with van der Waals surface area (Å²) in [5.41, 5.74) is 0. The molecule has 0 bridgehead atoms. The van der Waals surface area contributed by atoms with Crippen LogP contribution < -0.4 is 0 Å². The molecule has 0 radical (unpaired) electrons. The van der Waals surface area contributed by atoms with Crippen molar-refractivity contribution in [3.8, 4) is 0 Å². The fourth-order valence-electron chi connectivity index (χ4n) is 0.221. The quantitative estimate of drug-likeness (QED) is 0.554. The number of rotatable bonds is 2. The number of carbonyl (C=O) groups is 1. The van der Waals surface area contributed by atoms with Crippen LogP contribution >= 0.6 is 0 Å². The molecule has 1 N–H and O–H groups in total. The Hall–Kier alpha value is -0.800. The van der Waals surface area contributed by atoms with E-state index in [1.807, 2.05) is 0 Å². The second-order valence-corrected chi connectivity index (χ2v) is 1.43. The van der Waals surface area contributed by atoms with Crippen molar-refractivity contribution in [1.82, 2.24) is 0 Å². The van der Waals surface area contributed by atoms with Gasteiger partial charge < -0.3 is 5.11 Å². The first-order valence-electron chi connectivity index (χ1n) is 1.87. The second-order valence-electron chi connectivity index (χ2n) is 1.43. The van der Waals surface area contributed by atoms with Crippen LogP contribution in [0.5, 0.6) is 0 Å². The zero-order chi connectivity index (χ0) is 6.78. The summed E-state index contributed by atoms with van der Waals surface area (Å²) in [5.74, 6) is -4.86. The van der Waals surface area contributed by atoms with Crippen molar-refractivity contribution >= 4 is 5.97 Å². The first-order chi connectivity index (χ1) is 3.42. The number of carboxylic acid groups (broad SMARTS) is 1. The predicted molar refractivity (Wildman–Crippen MR) is 22.6 cm³/mol. The number of halogens is 2. The van der Waals surface area contributed by atoms with Crippen LogP contribution in [-0.2, 0) is 4.79 Å². The lowest BCUT2D eigenvalue weighted by molar-refractivity contribution is -0.142. The van der Waals surface area contributed by atoms with Gasteiger partial charge in [0.2, 0.25) is 0 Å². The number of hydrogen-bond acceptors (Lipinski definition) is 1. The van der Waals surface area contributed by atoms with Gasteiger partial charge in [-0.2, -0.15) is 8.78 Å². The largest absolute Gasteiger partial charge is 0.481 e. The minimum atomic E-state index is -3.33. The SMILES string of the molecule is [CH2+]C(F)(F)CC(=O)O. The Morgan fingerprint density at radius 2 is 2.12 bits per heavy atom. The van der Waals surface area contributed by atoms with Crippen molar-refractivity contribution in [2.75, 3.05) is 0 Å². The molecule has 0 aromatic carbocycles. The Morgan fingerprint density at radius 1 is 1.75 bits per heavy atom. The van der Waals surface area contributed by atoms with Crippen LogP contribution in [0.4, 0.5) is 8.78 Å². The molecule has 0 saturated carbocycles. The fraction of sp³-hybridized carbons (Fsp3) is 0.500. The monoisotopic (exact) mass is 123 g/mol. The van der Waals surface area contributed by atoms with Crippen molar-refractivity contribution in [1.29, 1.82) is 0 Å². The fourth-order valence-corrected chi connectivity index (χ4v) is 0.221. The molecule has 4 heteroatoms. The molecular weight excluding hydrogens is 118 g/mol. The van der Waals surface area contributed by atoms with Crippen LogP contribution in [-0.4, -0.2) is 17.0 Å². The standard InChI is InChI=1S/C4H4F2O2/c1-4(5,6)2-3(7)8/h1-2H2/p+1. The summed E-state index contributed by atoms with van der Waals surface area (Å²) in [6.45, 7) is 2.30. The van der Waals surface area contributed by atoms with Gasteiger partial charge in [-0.25, -0.2) is 0 Å². The molecule has 0 atom stereocenters. The van der Waals surface area contributed by atoms with Crippen LogP contribution in [0.25, 0.3) is 0 Å². The van der Waals surface area contributed by atoms with Gasteiger partial charge in [-0.1, -0.05) is 0 Å². The molecule has 0 spiro atoms. The zero-order valence-electron chi connectivity index (χ0n) is 4.03. The molecule has 0 aliphatic carbocycles. The lowest BCUT2D eigenvalue weighted by atomic mass is 10.3. The second kappa shape index (κ2) is 1.98. The van der Waals surface area contributed by atoms with E-state index in [1.54, 1.807) is 0 Å². The third-order valence-electron chi connectivity index (χ3n) is 0.410. The van der Waals surface area contributed by atoms with Crippen molar-refractivity contribution in [3.63, 3.8) is 0 Å². The van der Waals surface area contributed by atoms with Crippen molar-refractivity contribution in [2.45, 2.75) is 12.3 Å². The van der Waals surface area contributed by atoms with Crippen LogP contribution in [0, 0.1) is 6.92 Å². The number of aliphatic carboxylic acids is 1. The molecule has 0 amide bonds. The molecule has 0 unspecified atom stereocenters. The molecule has 0 aliphatic rings. The molecule has 0 heterocycles. The van der Waals surface area contributed by atoms with E-state index in [0.29, 0.717) is 0 Å². The molecule has 0 aromatic heterocycles. The number of alkyl halides is 2. The maximum atomic E-state index is 11.5. The van der Waals surface area contributed by atoms with Crippen molar-refractivity contribution < 1.29 is 18.7 Å². The van der Waals surface area contributed by atoms with Gasteiger partial charge in [0.05, 0.1) is 0 Å². The molecule has 0 aromatic rings. The van der Waals surface area contributed by atoms with Gasteiger partial charge in [-0.05, 0) is 0 Å². The Balaban J connectivity index is 3.55. The van der Waals surface area contributed by atoms with E-state index in [0.717, 1.165) is 0 Å². The summed E-state index contributed by atoms with van der Waals surface area (Å²) in [7, 11) is 0. The lowest BCUT2D eigenvalue weighted by Gasteiger charge is -1.95. The Bertz CT molecular complexity index is 94.7. The minimum absolute atomic E-state index is 1.20. The van der Waals surface area contributed by atoms with Crippen LogP contribution in [0.3, 0.4) is 0 Å². The lowest BCUT2D eigenvalue weighted by Crippen LogP contribution is -2.15. The van der Waals surface area contributed by atoms with E-state index in [1.165, 1.54) is 0 Å². The average molecular weight is 123 g/mol. The molecule has 0 saturated heterocycles. The highest BCUT2D eigenvalue weighted by Gasteiger charge is 2.33. The normalized spacial score (nSPS) is 11.2. The molecule has 8 heavy (non-hydrogen) atoms. The highest BCUT2D eigenvalue weighted by atomic mass is 19.3. The molecule has 0 rings (SSSR count). The van der Waals surface area contributed by atoms with Gasteiger partial charge >= 0.3 is 11.9 Å². The van der Waals surface area contributed by atoms with E-state index in [9.17, 15) is 13.6 Å². The highest BCUT2D eigenvalue weighted by Crippen LogP contribution is 2.14. The molecular formula is C4H5F2O2+. The van der Waals surface area contributed by atoms with E-state index in [-0.39, 0.29) is 0 Å². The van der Waals surface area contributed by atoms with Gasteiger partial charge in [0.1, 0.15) is 6.92 Å². The van der Waals surface area contributed by atoms with Crippen LogP contribution in [0.15, 0.2) is 0 Å². The van der Waals surface area contributed by atoms with E-state index < -0.39 is 18.3 Å². The first-order valence-corrected chi connectivity index (χ1v) is 1.87. The zero-order valence-corrected chi connectivity index (χ0v) is 4.03. The molecule has 2 nitrogen and oxygen atoms in total. The van der Waals surface area contributed by atoms with E-state index in [4.69, 9.17) is 5.11 Å². The van der Waals surface area contributed by atoms with E-state index >= 15 is 0 Å². The maximum Gasteiger partial charge on any atom is 0.394 e. The number of carboxylic acids is 1. The molecule has 46 valence electrons. The van der Waals surface area contributed by atoms with E-state index in [2.05, 4.69) is 6.92 Å². The van der Waals surface area contributed by atoms with Gasteiger partial charge in [-0.15, -0.1) is 0 Å². The van der Waals surface area contributed by atoms with Gasteiger partial charge in [-0.3, -0.25) is 4.79 Å². The molecule has 0 aliphatic heterocycles. The van der Waals surface area contributed by atoms with Gasteiger partial charge in [0.25, 0.3) is 0 Å². The van der Waals surface area contributed by atoms with Crippen molar-refractivity contribution in [2.24, 2.45) is 0 Å². The van der Waals surface area contributed by atoms with Crippen LogP contribution in [0.1, 0.15) is 6.42 Å². The summed E-state index contributed by atoms with van der Waals surface area (Å²) in [5, 5.41) is 7.73. The maximum absolute atomic E-state index is 11.5. The van der Waals surface area contributed by atoms with Gasteiger partial charge in [0.15, 0.2) is 6.42 Å². The third-order valence-corrected chi connectivity index (χ3v) is 0.410. The Labute approximate surface area is 45.1 Å². The summed E-state index contributed by atoms with van der Waals surface area (Å²) in [6.07, 6.45) is -1.20. The van der Waals surface area contributed by atoms with Gasteiger partial charge in [0, 0.05) is 0 Å². The minimum Gasteiger partial charge on any atom is -0.481 e. The van der Waals surface area contributed by atoms with Crippen LogP contribution in [0.2, 0.25) is 0 Å². The first kappa shape index (κ1) is 7.20. The highest BCUT2D eigenvalue weighted by molar-refractivity contribution is 5.67. The topological polar surface area (TPSA) is 37.3 Å². The summed E-state index contributed by atoms with van der Waals surface area (Å²) >= 11 is 0. The number of hydrogen-bond donors (Lipinski definition) is 1. The summed E-state index contributed by atoms with van der Waals surface area (Å²) in [6, 6.07) is 0. The Morgan fingerprint density at radius 3 is 2.12 bits per heavy atom. The molecule has 0 fully saturated rings. The Kier molecular flexibility index (Phi) is 1.78. The summed E-state index contributed by atoms with van der Waals surface area (Å²) < 4.78 is 23.0. The summed E-state index contributed by atoms with van der Waals surface area (Å²) in [4.78, 5) is 9.49. The van der Waals surface area contributed by atoms with Crippen molar-refractivity contribution in [3.05, 3.63) is 6.92 Å². The predicted octanol–water partition coefficient (Wildman–Crippen LogP) is 0.930. The average Bonchev–Trinajstić information content (AvgIpc) is 1.21.